The summed E-state index contributed by atoms with van der Waals surface area (Å²) in [7, 11) is 0. The van der Waals surface area contributed by atoms with Crippen molar-refractivity contribution in [3.8, 4) is 11.8 Å². The van der Waals surface area contributed by atoms with Crippen molar-refractivity contribution in [2.24, 2.45) is 0 Å². The van der Waals surface area contributed by atoms with Gasteiger partial charge < -0.3 is 4.74 Å². The summed E-state index contributed by atoms with van der Waals surface area (Å²) < 4.78 is 6.01. The number of allylic oxidation sites excluding steroid dienone is 1. The number of fused-ring (bicyclic) bond motifs is 1. The quantitative estimate of drug-likeness (QED) is 0.239. The van der Waals surface area contributed by atoms with Crippen molar-refractivity contribution in [1.29, 1.82) is 5.26 Å². The topological polar surface area (TPSA) is 33.0 Å². The summed E-state index contributed by atoms with van der Waals surface area (Å²) >= 11 is 12.2. The zero-order chi connectivity index (χ0) is 20.9. The maximum atomic E-state index is 9.78. The third kappa shape index (κ3) is 4.49. The van der Waals surface area contributed by atoms with Crippen LogP contribution in [0.25, 0.3) is 22.4 Å². The van der Waals surface area contributed by atoms with Gasteiger partial charge in [-0.15, -0.1) is 0 Å². The molecule has 30 heavy (non-hydrogen) atoms. The summed E-state index contributed by atoms with van der Waals surface area (Å²) in [6.07, 6.45) is 1.85. The van der Waals surface area contributed by atoms with Gasteiger partial charge in [0, 0.05) is 21.2 Å². The molecule has 0 saturated carbocycles. The zero-order valence-corrected chi connectivity index (χ0v) is 17.5. The number of nitriles is 1. The van der Waals surface area contributed by atoms with Crippen LogP contribution in [0.5, 0.6) is 5.75 Å². The fraction of sp³-hybridized carbons (Fsp3) is 0.0385. The minimum atomic E-state index is 0.304. The zero-order valence-electron chi connectivity index (χ0n) is 16.0. The molecule has 0 aromatic heterocycles. The molecule has 0 bridgehead atoms. The van der Waals surface area contributed by atoms with Crippen LogP contribution in [0.2, 0.25) is 10.0 Å². The molecule has 0 unspecified atom stereocenters. The molecule has 2 nitrogen and oxygen atoms in total. The molecule has 0 fully saturated rings. The first-order valence-corrected chi connectivity index (χ1v) is 10.2. The van der Waals surface area contributed by atoms with Crippen LogP contribution in [0.4, 0.5) is 0 Å². The molecule has 4 heteroatoms. The Balaban J connectivity index is 1.64. The Hall–Kier alpha value is -3.25. The Morgan fingerprint density at radius 1 is 0.867 bits per heavy atom. The van der Waals surface area contributed by atoms with E-state index in [9.17, 15) is 5.26 Å². The number of ether oxygens (including phenoxy) is 1. The Kier molecular flexibility index (Phi) is 6.05. The number of hydrogen-bond donors (Lipinski definition) is 0. The Bertz CT molecular complexity index is 1290. The van der Waals surface area contributed by atoms with E-state index in [0.717, 1.165) is 27.5 Å². The monoisotopic (exact) mass is 429 g/mol. The molecule has 0 aliphatic carbocycles. The van der Waals surface area contributed by atoms with E-state index < -0.39 is 0 Å². The van der Waals surface area contributed by atoms with Crippen LogP contribution in [0.15, 0.2) is 84.9 Å². The lowest BCUT2D eigenvalue weighted by atomic mass is 10.00. The number of benzene rings is 4. The lowest BCUT2D eigenvalue weighted by Crippen LogP contribution is -1.98. The minimum absolute atomic E-state index is 0.304. The molecule has 4 rings (SSSR count). The van der Waals surface area contributed by atoms with E-state index in [1.165, 1.54) is 0 Å². The highest BCUT2D eigenvalue weighted by Gasteiger charge is 2.08. The van der Waals surface area contributed by atoms with Crippen molar-refractivity contribution in [3.05, 3.63) is 112 Å². The summed E-state index contributed by atoms with van der Waals surface area (Å²) in [6.45, 7) is 0.304. The SMILES string of the molecule is N#C/C(=C/c1ccccc1OCc1ccc(Cl)cc1Cl)c1ccc2ccccc2c1. The highest BCUT2D eigenvalue weighted by molar-refractivity contribution is 6.35. The van der Waals surface area contributed by atoms with Crippen LogP contribution in [-0.4, -0.2) is 0 Å². The molecule has 0 spiro atoms. The highest BCUT2D eigenvalue weighted by atomic mass is 35.5. The van der Waals surface area contributed by atoms with Gasteiger partial charge in [-0.2, -0.15) is 5.26 Å². The second-order valence-electron chi connectivity index (χ2n) is 6.79. The number of hydrogen-bond acceptors (Lipinski definition) is 2. The van der Waals surface area contributed by atoms with E-state index in [4.69, 9.17) is 27.9 Å². The number of para-hydroxylation sites is 1. The predicted molar refractivity (Wildman–Crippen MR) is 125 cm³/mol. The van der Waals surface area contributed by atoms with Crippen LogP contribution in [0.1, 0.15) is 16.7 Å². The minimum Gasteiger partial charge on any atom is -0.488 e. The van der Waals surface area contributed by atoms with Crippen LogP contribution in [0, 0.1) is 11.3 Å². The van der Waals surface area contributed by atoms with Gasteiger partial charge in [0.15, 0.2) is 0 Å². The standard InChI is InChI=1S/C26H17Cl2NO/c27-24-12-11-22(25(28)15-24)17-30-26-8-4-3-7-21(26)14-23(16-29)20-10-9-18-5-1-2-6-19(18)13-20/h1-15H,17H2/b23-14-. The average molecular weight is 430 g/mol. The molecule has 0 aliphatic rings. The fourth-order valence-electron chi connectivity index (χ4n) is 3.22. The van der Waals surface area contributed by atoms with E-state index >= 15 is 0 Å². The van der Waals surface area contributed by atoms with Crippen LogP contribution in [0.3, 0.4) is 0 Å². The van der Waals surface area contributed by atoms with Gasteiger partial charge >= 0.3 is 0 Å². The summed E-state index contributed by atoms with van der Waals surface area (Å²) in [5.74, 6) is 0.678. The molecule has 0 heterocycles. The smallest absolute Gasteiger partial charge is 0.127 e. The summed E-state index contributed by atoms with van der Waals surface area (Å²) in [5, 5.41) is 13.2. The Labute approximate surface area is 185 Å². The summed E-state index contributed by atoms with van der Waals surface area (Å²) in [6, 6.07) is 29.4. The molecule has 0 radical (unpaired) electrons. The molecule has 0 saturated heterocycles. The third-order valence-electron chi connectivity index (χ3n) is 4.80. The van der Waals surface area contributed by atoms with Gasteiger partial charge in [0.05, 0.1) is 11.6 Å². The Morgan fingerprint density at radius 3 is 2.43 bits per heavy atom. The largest absolute Gasteiger partial charge is 0.488 e. The summed E-state index contributed by atoms with van der Waals surface area (Å²) in [4.78, 5) is 0. The van der Waals surface area contributed by atoms with Crippen molar-refractivity contribution in [3.63, 3.8) is 0 Å². The second-order valence-corrected chi connectivity index (χ2v) is 7.64. The van der Waals surface area contributed by atoms with Crippen molar-refractivity contribution in [2.75, 3.05) is 0 Å². The number of halogens is 2. The van der Waals surface area contributed by atoms with Gasteiger partial charge in [-0.3, -0.25) is 0 Å². The van der Waals surface area contributed by atoms with Crippen LogP contribution in [-0.2, 0) is 6.61 Å². The normalized spacial score (nSPS) is 11.3. The third-order valence-corrected chi connectivity index (χ3v) is 5.39. The first-order chi connectivity index (χ1) is 14.6. The van der Waals surface area contributed by atoms with Crippen molar-refractivity contribution >= 4 is 45.6 Å². The van der Waals surface area contributed by atoms with Gasteiger partial charge in [-0.1, -0.05) is 83.9 Å². The van der Waals surface area contributed by atoms with Crippen molar-refractivity contribution < 1.29 is 4.74 Å². The van der Waals surface area contributed by atoms with E-state index in [1.807, 2.05) is 72.8 Å². The van der Waals surface area contributed by atoms with Crippen molar-refractivity contribution in [2.45, 2.75) is 6.61 Å². The van der Waals surface area contributed by atoms with Crippen LogP contribution >= 0.6 is 23.2 Å². The molecular formula is C26H17Cl2NO. The molecule has 0 aliphatic heterocycles. The lowest BCUT2D eigenvalue weighted by molar-refractivity contribution is 0.305. The van der Waals surface area contributed by atoms with E-state index in [-0.39, 0.29) is 0 Å². The maximum absolute atomic E-state index is 9.78. The number of nitrogens with zero attached hydrogens (tertiary/aromatic N) is 1. The lowest BCUT2D eigenvalue weighted by Gasteiger charge is -2.11. The van der Waals surface area contributed by atoms with E-state index in [1.54, 1.807) is 12.1 Å². The van der Waals surface area contributed by atoms with Gasteiger partial charge in [0.2, 0.25) is 0 Å². The Morgan fingerprint density at radius 2 is 1.63 bits per heavy atom. The first-order valence-electron chi connectivity index (χ1n) is 9.41. The molecule has 0 atom stereocenters. The first kappa shape index (κ1) is 20.0. The molecular weight excluding hydrogens is 413 g/mol. The fourth-order valence-corrected chi connectivity index (χ4v) is 3.68. The number of rotatable bonds is 5. The second kappa shape index (κ2) is 9.05. The molecule has 4 aromatic rings. The predicted octanol–water partition coefficient (Wildman–Crippen LogP) is 7.79. The molecule has 146 valence electrons. The van der Waals surface area contributed by atoms with Gasteiger partial charge in [0.1, 0.15) is 12.4 Å². The van der Waals surface area contributed by atoms with E-state index in [2.05, 4.69) is 12.1 Å². The molecule has 0 amide bonds. The van der Waals surface area contributed by atoms with Gasteiger partial charge in [0.25, 0.3) is 0 Å². The maximum Gasteiger partial charge on any atom is 0.127 e. The molecule has 0 N–H and O–H groups in total. The highest BCUT2D eigenvalue weighted by Crippen LogP contribution is 2.28. The van der Waals surface area contributed by atoms with Gasteiger partial charge in [-0.05, 0) is 46.7 Å². The van der Waals surface area contributed by atoms with Gasteiger partial charge in [-0.25, -0.2) is 0 Å². The average Bonchev–Trinajstić information content (AvgIpc) is 2.77. The summed E-state index contributed by atoms with van der Waals surface area (Å²) in [5.41, 5.74) is 3.11. The molecule has 4 aromatic carbocycles. The van der Waals surface area contributed by atoms with Crippen molar-refractivity contribution in [1.82, 2.24) is 0 Å². The van der Waals surface area contributed by atoms with Crippen LogP contribution < -0.4 is 4.74 Å². The van der Waals surface area contributed by atoms with E-state index in [0.29, 0.717) is 28.0 Å².